The lowest BCUT2D eigenvalue weighted by Gasteiger charge is -2.48. The molecule has 0 aromatic carbocycles. The molecule has 5 N–H and O–H groups in total. The van der Waals surface area contributed by atoms with Crippen LogP contribution in [-0.2, 0) is 33.3 Å². The maximum Gasteiger partial charge on any atom is 0.267 e. The van der Waals surface area contributed by atoms with Crippen molar-refractivity contribution >= 4 is 11.8 Å². The summed E-state index contributed by atoms with van der Waals surface area (Å²) in [5.74, 6) is -2.53. The fourth-order valence-electron chi connectivity index (χ4n) is 7.38. The van der Waals surface area contributed by atoms with Crippen molar-refractivity contribution in [1.82, 2.24) is 10.2 Å². The van der Waals surface area contributed by atoms with Crippen molar-refractivity contribution < 1.29 is 71.3 Å². The number of nitrogens with zero attached hydrogens (tertiary/aromatic N) is 1. The number of likely N-dealkylation sites (N-methyl/N-ethyl adjacent to an activating group) is 1. The number of carbonyl (C=O) groups excluding carboxylic acids is 2. The van der Waals surface area contributed by atoms with Crippen molar-refractivity contribution in [2.45, 2.75) is 164 Å². The highest BCUT2D eigenvalue weighted by Crippen LogP contribution is 2.39. The van der Waals surface area contributed by atoms with Gasteiger partial charge in [0.2, 0.25) is 12.3 Å². The van der Waals surface area contributed by atoms with E-state index in [0.717, 1.165) is 39.0 Å². The maximum atomic E-state index is 14.4. The van der Waals surface area contributed by atoms with Crippen LogP contribution in [0.4, 0.5) is 17.6 Å². The Labute approximate surface area is 283 Å². The molecule has 0 aromatic rings. The van der Waals surface area contributed by atoms with E-state index in [4.69, 9.17) is 23.7 Å². The van der Waals surface area contributed by atoms with Gasteiger partial charge in [0, 0.05) is 26.9 Å². The van der Waals surface area contributed by atoms with Crippen LogP contribution in [0.3, 0.4) is 0 Å². The zero-order valence-electron chi connectivity index (χ0n) is 28.3. The van der Waals surface area contributed by atoms with E-state index in [-0.39, 0.29) is 31.6 Å². The first kappa shape index (κ1) is 40.1. The zero-order chi connectivity index (χ0) is 36.2. The Kier molecular flexibility index (Phi) is 14.5. The van der Waals surface area contributed by atoms with E-state index in [0.29, 0.717) is 0 Å². The standard InChI is InChI=1S/C32H52F4N2O11/c1-14-21(40)22(41)23(42)32(45-14)48-25-17(28(33)34)11-8-12-18(25)47-31-20(37-15(2)39)26(24(43)27(49-31)29(35)36)46-19(30(44)38(3)4)13-16-9-6-5-7-10-16/h14,16-29,31-32,40-43H,5-13H2,1-4H3,(H,37,39)/t14-,17-,18?,19?,20+,21+,22-,23-,24+,25+,26+,27-,31+,32?/m0/s1. The minimum atomic E-state index is -3.28. The number of ether oxygens (including phenoxy) is 5. The van der Waals surface area contributed by atoms with Crippen LogP contribution < -0.4 is 5.32 Å². The summed E-state index contributed by atoms with van der Waals surface area (Å²) in [4.78, 5) is 27.1. The molecule has 2 aliphatic heterocycles. The van der Waals surface area contributed by atoms with E-state index in [1.807, 2.05) is 0 Å². The molecule has 13 nitrogen and oxygen atoms in total. The molecule has 0 aromatic heterocycles. The Morgan fingerprint density at radius 3 is 2.08 bits per heavy atom. The van der Waals surface area contributed by atoms with Crippen LogP contribution >= 0.6 is 0 Å². The second-order valence-electron chi connectivity index (χ2n) is 14.0. The SMILES string of the molecule is CC(=O)N[C@H]1[C@H](OC2CCC[C@H](C(F)F)[C@H]2OC2O[C@@H](C)[C@@H](O)[C@H](O)[C@@H]2O)O[C@H](C(F)F)[C@H](O)[C@@H]1OC(CC1CCCCC1)C(=O)N(C)C. The minimum absolute atomic E-state index is 0.0357. The molecule has 2 amide bonds. The Morgan fingerprint density at radius 2 is 1.49 bits per heavy atom. The van der Waals surface area contributed by atoms with Crippen LogP contribution in [0.15, 0.2) is 0 Å². The van der Waals surface area contributed by atoms with Crippen molar-refractivity contribution in [3.8, 4) is 0 Å². The van der Waals surface area contributed by atoms with Crippen molar-refractivity contribution in [2.75, 3.05) is 14.1 Å². The third kappa shape index (κ3) is 9.80. The summed E-state index contributed by atoms with van der Waals surface area (Å²) in [5.41, 5.74) is 0. The number of carbonyl (C=O) groups is 2. The second kappa shape index (κ2) is 17.7. The Bertz CT molecular complexity index is 1070. The number of rotatable bonds is 12. The number of hydrogen-bond donors (Lipinski definition) is 5. The molecule has 2 heterocycles. The van der Waals surface area contributed by atoms with Crippen LogP contribution in [0.25, 0.3) is 0 Å². The highest BCUT2D eigenvalue weighted by molar-refractivity contribution is 5.80. The van der Waals surface area contributed by atoms with Crippen LogP contribution in [0.5, 0.6) is 0 Å². The summed E-state index contributed by atoms with van der Waals surface area (Å²) >= 11 is 0. The molecule has 4 aliphatic rings. The van der Waals surface area contributed by atoms with E-state index in [2.05, 4.69) is 5.32 Å². The molecular formula is C32H52F4N2O11. The molecule has 2 saturated carbocycles. The molecule has 0 spiro atoms. The van der Waals surface area contributed by atoms with Gasteiger partial charge in [-0.1, -0.05) is 38.5 Å². The van der Waals surface area contributed by atoms with Gasteiger partial charge in [-0.2, -0.15) is 0 Å². The highest BCUT2D eigenvalue weighted by atomic mass is 19.3. The number of amides is 2. The van der Waals surface area contributed by atoms with E-state index in [1.165, 1.54) is 25.9 Å². The van der Waals surface area contributed by atoms with Gasteiger partial charge in [-0.05, 0) is 32.1 Å². The largest absolute Gasteiger partial charge is 0.388 e. The monoisotopic (exact) mass is 716 g/mol. The lowest BCUT2D eigenvalue weighted by molar-refractivity contribution is -0.344. The summed E-state index contributed by atoms with van der Waals surface area (Å²) < 4.78 is 86.8. The lowest BCUT2D eigenvalue weighted by atomic mass is 9.84. The molecule has 14 atom stereocenters. The van der Waals surface area contributed by atoms with Crippen molar-refractivity contribution in [3.63, 3.8) is 0 Å². The molecule has 3 unspecified atom stereocenters. The van der Waals surface area contributed by atoms with Gasteiger partial charge in [0.05, 0.1) is 18.3 Å². The van der Waals surface area contributed by atoms with Crippen molar-refractivity contribution in [1.29, 1.82) is 0 Å². The number of halogens is 4. The highest BCUT2D eigenvalue weighted by Gasteiger charge is 2.54. The summed E-state index contributed by atoms with van der Waals surface area (Å²) in [6.45, 7) is 2.52. The predicted octanol–water partition coefficient (Wildman–Crippen LogP) is 1.32. The zero-order valence-corrected chi connectivity index (χ0v) is 28.3. The van der Waals surface area contributed by atoms with Gasteiger partial charge in [-0.15, -0.1) is 0 Å². The van der Waals surface area contributed by atoms with Gasteiger partial charge in [-0.25, -0.2) is 17.6 Å². The average molecular weight is 717 g/mol. The summed E-state index contributed by atoms with van der Waals surface area (Å²) in [7, 11) is 3.02. The van der Waals surface area contributed by atoms with Crippen LogP contribution in [-0.4, -0.2) is 144 Å². The minimum Gasteiger partial charge on any atom is -0.388 e. The smallest absolute Gasteiger partial charge is 0.267 e. The first-order chi connectivity index (χ1) is 23.1. The van der Waals surface area contributed by atoms with Gasteiger partial charge in [0.15, 0.2) is 12.6 Å². The van der Waals surface area contributed by atoms with Crippen molar-refractivity contribution in [2.24, 2.45) is 11.8 Å². The summed E-state index contributed by atoms with van der Waals surface area (Å²) in [6, 6.07) is -1.48. The number of aliphatic hydroxyl groups is 4. The molecule has 49 heavy (non-hydrogen) atoms. The third-order valence-electron chi connectivity index (χ3n) is 10.1. The Morgan fingerprint density at radius 1 is 0.816 bits per heavy atom. The van der Waals surface area contributed by atoms with Crippen LogP contribution in [0.1, 0.15) is 71.6 Å². The Balaban J connectivity index is 1.65. The summed E-state index contributed by atoms with van der Waals surface area (Å²) in [5, 5.41) is 44.6. The van der Waals surface area contributed by atoms with Gasteiger partial charge in [-0.3, -0.25) is 9.59 Å². The molecule has 0 radical (unpaired) electrons. The number of hydrogen-bond acceptors (Lipinski definition) is 11. The molecule has 4 fully saturated rings. The van der Waals surface area contributed by atoms with Crippen LogP contribution in [0.2, 0.25) is 0 Å². The second-order valence-corrected chi connectivity index (χ2v) is 14.0. The lowest BCUT2D eigenvalue weighted by Crippen LogP contribution is -2.68. The summed E-state index contributed by atoms with van der Waals surface area (Å²) in [6.07, 6.45) is -20.6. The molecule has 284 valence electrons. The predicted molar refractivity (Wildman–Crippen MR) is 162 cm³/mol. The van der Waals surface area contributed by atoms with E-state index < -0.39 is 110 Å². The number of alkyl halides is 4. The van der Waals surface area contributed by atoms with E-state index in [1.54, 1.807) is 0 Å². The van der Waals surface area contributed by atoms with Gasteiger partial charge < -0.3 is 54.3 Å². The first-order valence-corrected chi connectivity index (χ1v) is 17.1. The Hall–Kier alpha value is -1.70. The van der Waals surface area contributed by atoms with Gasteiger partial charge in [0.25, 0.3) is 12.3 Å². The molecule has 0 bridgehead atoms. The number of nitrogens with one attached hydrogen (secondary N) is 1. The van der Waals surface area contributed by atoms with E-state index in [9.17, 15) is 47.6 Å². The first-order valence-electron chi connectivity index (χ1n) is 17.1. The van der Waals surface area contributed by atoms with Crippen molar-refractivity contribution in [3.05, 3.63) is 0 Å². The normalized spacial score (nSPS) is 39.9. The molecular weight excluding hydrogens is 664 g/mol. The van der Waals surface area contributed by atoms with Gasteiger partial charge >= 0.3 is 0 Å². The maximum absolute atomic E-state index is 14.4. The quantitative estimate of drug-likeness (QED) is 0.184. The molecule has 2 saturated heterocycles. The molecule has 4 rings (SSSR count). The molecule has 2 aliphatic carbocycles. The average Bonchev–Trinajstić information content (AvgIpc) is 3.05. The third-order valence-corrected chi connectivity index (χ3v) is 10.1. The topological polar surface area (TPSA) is 176 Å². The fourth-order valence-corrected chi connectivity index (χ4v) is 7.38. The van der Waals surface area contributed by atoms with Gasteiger partial charge in [0.1, 0.15) is 48.8 Å². The van der Waals surface area contributed by atoms with E-state index >= 15 is 0 Å². The number of aliphatic hydroxyl groups excluding tert-OH is 4. The fraction of sp³-hybridized carbons (Fsp3) is 0.938. The van der Waals surface area contributed by atoms with Crippen LogP contribution in [0, 0.1) is 11.8 Å². The molecule has 17 heteroatoms.